The highest BCUT2D eigenvalue weighted by Crippen LogP contribution is 2.29. The van der Waals surface area contributed by atoms with Crippen LogP contribution in [0.2, 0.25) is 0 Å². The van der Waals surface area contributed by atoms with Crippen molar-refractivity contribution in [3.63, 3.8) is 0 Å². The van der Waals surface area contributed by atoms with E-state index in [2.05, 4.69) is 10.6 Å². The third kappa shape index (κ3) is 5.59. The Labute approximate surface area is 200 Å². The fourth-order valence-electron chi connectivity index (χ4n) is 3.62. The summed E-state index contributed by atoms with van der Waals surface area (Å²) in [6.45, 7) is 11.2. The van der Waals surface area contributed by atoms with Crippen LogP contribution in [0.4, 0.5) is 4.79 Å². The van der Waals surface area contributed by atoms with Crippen molar-refractivity contribution in [2.45, 2.75) is 58.8 Å². The van der Waals surface area contributed by atoms with Crippen LogP contribution >= 0.6 is 23.1 Å². The van der Waals surface area contributed by atoms with Crippen LogP contribution in [0.5, 0.6) is 0 Å². The van der Waals surface area contributed by atoms with Gasteiger partial charge in [0, 0.05) is 36.1 Å². The minimum absolute atomic E-state index is 0.0804. The van der Waals surface area contributed by atoms with E-state index in [1.54, 1.807) is 18.4 Å². The molecule has 0 unspecified atom stereocenters. The Morgan fingerprint density at radius 2 is 2.00 bits per heavy atom. The van der Waals surface area contributed by atoms with Crippen LogP contribution in [0.25, 0.3) is 10.2 Å². The zero-order chi connectivity index (χ0) is 24.1. The first-order chi connectivity index (χ1) is 15.8. The number of carbonyl (C=O) groups excluding carboxylic acids is 2. The van der Waals surface area contributed by atoms with Crippen molar-refractivity contribution in [1.29, 1.82) is 0 Å². The molecular formula is C22H30N4O5S2. The zero-order valence-corrected chi connectivity index (χ0v) is 21.2. The third-order valence-electron chi connectivity index (χ3n) is 5.34. The first-order valence-electron chi connectivity index (χ1n) is 11.0. The molecule has 1 aliphatic heterocycles. The number of aromatic nitrogens is 2. The Balaban J connectivity index is 1.97. The van der Waals surface area contributed by atoms with E-state index in [1.165, 1.54) is 23.1 Å². The molecule has 180 valence electrons. The predicted octanol–water partition coefficient (Wildman–Crippen LogP) is 3.11. The molecule has 3 heterocycles. The fraction of sp³-hybridized carbons (Fsp3) is 0.545. The number of hydrogen-bond donors (Lipinski definition) is 2. The number of thiophene rings is 1. The maximum Gasteiger partial charge on any atom is 0.337 e. The molecular weight excluding hydrogens is 464 g/mol. The molecule has 0 fully saturated rings. The van der Waals surface area contributed by atoms with Gasteiger partial charge in [0.2, 0.25) is 0 Å². The lowest BCUT2D eigenvalue weighted by atomic mass is 10.1. The normalized spacial score (nSPS) is 16.2. The van der Waals surface area contributed by atoms with Gasteiger partial charge in [-0.2, -0.15) is 0 Å². The summed E-state index contributed by atoms with van der Waals surface area (Å²) in [5.74, 6) is -0.214. The van der Waals surface area contributed by atoms with Crippen LogP contribution in [-0.2, 0) is 20.8 Å². The maximum atomic E-state index is 13.4. The molecule has 33 heavy (non-hydrogen) atoms. The second-order valence-electron chi connectivity index (χ2n) is 7.59. The SMILES string of the molecule is CCOCCCn1c(SCC2=C(C(=O)OCC)[C@@H](C)NC(=O)N2)nc2sc(C)c(C)c2c1=O. The summed E-state index contributed by atoms with van der Waals surface area (Å²) in [5, 5.41) is 6.61. The van der Waals surface area contributed by atoms with Gasteiger partial charge < -0.3 is 20.1 Å². The van der Waals surface area contributed by atoms with E-state index in [0.717, 1.165) is 10.4 Å². The molecule has 0 aliphatic carbocycles. The topological polar surface area (TPSA) is 112 Å². The summed E-state index contributed by atoms with van der Waals surface area (Å²) in [6.07, 6.45) is 0.672. The zero-order valence-electron chi connectivity index (χ0n) is 19.6. The minimum Gasteiger partial charge on any atom is -0.463 e. The highest BCUT2D eigenvalue weighted by Gasteiger charge is 2.30. The van der Waals surface area contributed by atoms with E-state index < -0.39 is 12.0 Å². The second kappa shape index (κ2) is 11.2. The van der Waals surface area contributed by atoms with Gasteiger partial charge in [0.1, 0.15) is 4.83 Å². The van der Waals surface area contributed by atoms with Crippen molar-refractivity contribution >= 4 is 45.3 Å². The van der Waals surface area contributed by atoms with Gasteiger partial charge in [-0.05, 0) is 46.6 Å². The maximum absolute atomic E-state index is 13.4. The van der Waals surface area contributed by atoms with Crippen molar-refractivity contribution in [3.05, 3.63) is 32.1 Å². The molecule has 2 aromatic heterocycles. The molecule has 2 N–H and O–H groups in total. The smallest absolute Gasteiger partial charge is 0.337 e. The molecule has 2 amide bonds. The van der Waals surface area contributed by atoms with Crippen molar-refractivity contribution in [2.24, 2.45) is 0 Å². The lowest BCUT2D eigenvalue weighted by Crippen LogP contribution is -2.49. The Kier molecular flexibility index (Phi) is 8.55. The van der Waals surface area contributed by atoms with E-state index in [4.69, 9.17) is 14.5 Å². The Hall–Kier alpha value is -2.37. The van der Waals surface area contributed by atoms with Crippen LogP contribution in [0.15, 0.2) is 21.2 Å². The molecule has 0 saturated carbocycles. The molecule has 0 bridgehead atoms. The van der Waals surface area contributed by atoms with E-state index >= 15 is 0 Å². The number of esters is 1. The fourth-order valence-corrected chi connectivity index (χ4v) is 5.68. The molecule has 2 aromatic rings. The van der Waals surface area contributed by atoms with E-state index in [1.807, 2.05) is 20.8 Å². The van der Waals surface area contributed by atoms with Crippen molar-refractivity contribution in [3.8, 4) is 0 Å². The van der Waals surface area contributed by atoms with Crippen molar-refractivity contribution in [1.82, 2.24) is 20.2 Å². The largest absolute Gasteiger partial charge is 0.463 e. The van der Waals surface area contributed by atoms with Crippen LogP contribution in [-0.4, -0.2) is 53.2 Å². The van der Waals surface area contributed by atoms with Gasteiger partial charge in [0.05, 0.1) is 23.6 Å². The summed E-state index contributed by atoms with van der Waals surface area (Å²) in [5.41, 5.74) is 1.71. The van der Waals surface area contributed by atoms with Crippen LogP contribution in [0.1, 0.15) is 37.6 Å². The van der Waals surface area contributed by atoms with E-state index in [0.29, 0.717) is 52.8 Å². The first-order valence-corrected chi connectivity index (χ1v) is 12.8. The number of amides is 2. The highest BCUT2D eigenvalue weighted by atomic mass is 32.2. The van der Waals surface area contributed by atoms with Gasteiger partial charge in [-0.15, -0.1) is 11.3 Å². The average molecular weight is 495 g/mol. The highest BCUT2D eigenvalue weighted by molar-refractivity contribution is 7.99. The number of nitrogens with zero attached hydrogens (tertiary/aromatic N) is 2. The van der Waals surface area contributed by atoms with Crippen molar-refractivity contribution in [2.75, 3.05) is 25.6 Å². The van der Waals surface area contributed by atoms with Crippen LogP contribution in [0, 0.1) is 13.8 Å². The third-order valence-corrected chi connectivity index (χ3v) is 7.44. The average Bonchev–Trinajstić information content (AvgIpc) is 3.04. The number of thioether (sulfide) groups is 1. The van der Waals surface area contributed by atoms with E-state index in [9.17, 15) is 14.4 Å². The quantitative estimate of drug-likeness (QED) is 0.226. The number of carbonyl (C=O) groups is 2. The molecule has 0 radical (unpaired) electrons. The van der Waals surface area contributed by atoms with E-state index in [-0.39, 0.29) is 24.0 Å². The van der Waals surface area contributed by atoms with Gasteiger partial charge in [0.15, 0.2) is 5.16 Å². The monoisotopic (exact) mass is 494 g/mol. The standard InChI is InChI=1S/C22H30N4O5S2/c1-6-30-10-8-9-26-19(27)16-12(3)14(5)33-18(16)25-22(26)32-11-15-17(20(28)31-7-2)13(4)23-21(29)24-15/h13H,6-11H2,1-5H3,(H2,23,24,29)/t13-/m1/s1. The van der Waals surface area contributed by atoms with Gasteiger partial charge >= 0.3 is 12.0 Å². The van der Waals surface area contributed by atoms with Crippen LogP contribution in [0.3, 0.4) is 0 Å². The summed E-state index contributed by atoms with van der Waals surface area (Å²) >= 11 is 2.81. The Morgan fingerprint density at radius 3 is 2.70 bits per heavy atom. The lowest BCUT2D eigenvalue weighted by molar-refractivity contribution is -0.138. The van der Waals surface area contributed by atoms with Gasteiger partial charge in [-0.1, -0.05) is 11.8 Å². The lowest BCUT2D eigenvalue weighted by Gasteiger charge is -2.26. The summed E-state index contributed by atoms with van der Waals surface area (Å²) in [7, 11) is 0. The number of rotatable bonds is 10. The molecule has 1 aliphatic rings. The molecule has 11 heteroatoms. The minimum atomic E-state index is -0.486. The second-order valence-corrected chi connectivity index (χ2v) is 9.73. The number of ether oxygens (including phenoxy) is 2. The first kappa shape index (κ1) is 25.3. The van der Waals surface area contributed by atoms with Gasteiger partial charge in [0.25, 0.3) is 5.56 Å². The molecule has 1 atom stereocenters. The Morgan fingerprint density at radius 1 is 1.24 bits per heavy atom. The van der Waals surface area contributed by atoms with Gasteiger partial charge in [-0.25, -0.2) is 14.6 Å². The van der Waals surface area contributed by atoms with Crippen LogP contribution < -0.4 is 16.2 Å². The molecule has 3 rings (SSSR count). The number of hydrogen-bond acceptors (Lipinski definition) is 8. The summed E-state index contributed by atoms with van der Waals surface area (Å²) < 4.78 is 12.3. The predicted molar refractivity (Wildman–Crippen MR) is 130 cm³/mol. The number of fused-ring (bicyclic) bond motifs is 1. The molecule has 9 nitrogen and oxygen atoms in total. The molecule has 0 aromatic carbocycles. The summed E-state index contributed by atoms with van der Waals surface area (Å²) in [4.78, 5) is 44.5. The molecule has 0 saturated heterocycles. The van der Waals surface area contributed by atoms with Crippen molar-refractivity contribution < 1.29 is 19.1 Å². The molecule has 0 spiro atoms. The number of aryl methyl sites for hydroxylation is 2. The number of nitrogens with one attached hydrogen (secondary N) is 2. The number of urea groups is 1. The summed E-state index contributed by atoms with van der Waals surface area (Å²) in [6, 6.07) is -0.868. The van der Waals surface area contributed by atoms with Gasteiger partial charge in [-0.3, -0.25) is 9.36 Å². The Bertz CT molecular complexity index is 1140.